The first kappa shape index (κ1) is 15.7. The predicted molar refractivity (Wildman–Crippen MR) is 63.6 cm³/mol. The first-order valence-electron chi connectivity index (χ1n) is 4.69. The van der Waals surface area contributed by atoms with Crippen molar-refractivity contribution in [3.8, 4) is 0 Å². The second kappa shape index (κ2) is 7.15. The molecule has 1 N–H and O–H groups in total. The predicted octanol–water partition coefficient (Wildman–Crippen LogP) is -0.0301. The quantitative estimate of drug-likeness (QED) is 0.470. The summed E-state index contributed by atoms with van der Waals surface area (Å²) >= 11 is 0. The van der Waals surface area contributed by atoms with Gasteiger partial charge in [0.25, 0.3) is 0 Å². The van der Waals surface area contributed by atoms with Gasteiger partial charge in [0.15, 0.2) is 0 Å². The molecule has 0 heterocycles. The Kier molecular flexibility index (Phi) is 7.03. The fourth-order valence-electron chi connectivity index (χ4n) is 1.13. The molecule has 0 bridgehead atoms. The van der Waals surface area contributed by atoms with Crippen molar-refractivity contribution < 1.29 is 21.7 Å². The largest absolute Gasteiger partial charge is 0.501 e. The molecule has 0 fully saturated rings. The molecule has 0 saturated carbocycles. The van der Waals surface area contributed by atoms with Gasteiger partial charge in [0.2, 0.25) is 10.0 Å². The van der Waals surface area contributed by atoms with E-state index >= 15 is 0 Å². The van der Waals surface area contributed by atoms with E-state index in [0.29, 0.717) is 6.04 Å². The molecular weight excluding hydrogens is 250 g/mol. The van der Waals surface area contributed by atoms with Crippen molar-refractivity contribution in [2.24, 2.45) is 0 Å². The van der Waals surface area contributed by atoms with Crippen LogP contribution in [0.1, 0.15) is 0 Å². The van der Waals surface area contributed by atoms with Crippen molar-refractivity contribution in [3.05, 3.63) is 12.7 Å². The molecular formula is C8H19NO5SSi. The lowest BCUT2D eigenvalue weighted by Gasteiger charge is -2.24. The highest BCUT2D eigenvalue weighted by molar-refractivity contribution is 7.89. The Morgan fingerprint density at radius 3 is 2.12 bits per heavy atom. The third kappa shape index (κ3) is 5.19. The molecule has 96 valence electrons. The summed E-state index contributed by atoms with van der Waals surface area (Å²) in [5.74, 6) is -0.103. The minimum absolute atomic E-state index is 0.103. The van der Waals surface area contributed by atoms with Gasteiger partial charge in [-0.15, -0.1) is 6.58 Å². The second-order valence-corrected chi connectivity index (χ2v) is 7.95. The summed E-state index contributed by atoms with van der Waals surface area (Å²) in [4.78, 5) is 0. The molecule has 0 rings (SSSR count). The highest BCUT2D eigenvalue weighted by atomic mass is 32.2. The molecule has 0 aromatic carbocycles. The third-order valence-corrected chi connectivity index (χ3v) is 6.07. The van der Waals surface area contributed by atoms with Gasteiger partial charge < -0.3 is 13.3 Å². The van der Waals surface area contributed by atoms with Gasteiger partial charge in [-0.25, -0.2) is 13.1 Å². The second-order valence-electron chi connectivity index (χ2n) is 3.01. The number of nitrogens with one attached hydrogen (secondary N) is 1. The fraction of sp³-hybridized carbons (Fsp3) is 0.750. The van der Waals surface area contributed by atoms with Gasteiger partial charge in [-0.2, -0.15) is 0 Å². The summed E-state index contributed by atoms with van der Waals surface area (Å²) in [6, 6.07) is 0.382. The Labute approximate surface area is 98.0 Å². The van der Waals surface area contributed by atoms with Crippen LogP contribution in [0.4, 0.5) is 0 Å². The van der Waals surface area contributed by atoms with Crippen molar-refractivity contribution >= 4 is 18.8 Å². The Balaban J connectivity index is 4.19. The van der Waals surface area contributed by atoms with Crippen molar-refractivity contribution in [1.29, 1.82) is 0 Å². The molecule has 0 aliphatic heterocycles. The molecule has 0 atom stereocenters. The van der Waals surface area contributed by atoms with Crippen LogP contribution in [-0.2, 0) is 23.3 Å². The average molecular weight is 269 g/mol. The van der Waals surface area contributed by atoms with Gasteiger partial charge in [-0.05, 0) is 0 Å². The smallest absolute Gasteiger partial charge is 0.377 e. The Morgan fingerprint density at radius 1 is 1.25 bits per heavy atom. The molecule has 8 heteroatoms. The minimum Gasteiger partial charge on any atom is -0.377 e. The lowest BCUT2D eigenvalue weighted by Crippen LogP contribution is -2.45. The van der Waals surface area contributed by atoms with E-state index in [9.17, 15) is 8.42 Å². The van der Waals surface area contributed by atoms with E-state index in [1.807, 2.05) is 0 Å². The highest BCUT2D eigenvalue weighted by Crippen LogP contribution is 2.11. The van der Waals surface area contributed by atoms with E-state index in [1.165, 1.54) is 27.4 Å². The van der Waals surface area contributed by atoms with Gasteiger partial charge in [0.1, 0.15) is 0 Å². The van der Waals surface area contributed by atoms with Crippen LogP contribution < -0.4 is 4.72 Å². The van der Waals surface area contributed by atoms with Crippen LogP contribution in [0.15, 0.2) is 12.7 Å². The van der Waals surface area contributed by atoms with Crippen LogP contribution in [0.5, 0.6) is 0 Å². The minimum atomic E-state index is -3.29. The number of hydrogen-bond donors (Lipinski definition) is 1. The molecule has 0 unspecified atom stereocenters. The van der Waals surface area contributed by atoms with E-state index < -0.39 is 18.8 Å². The summed E-state index contributed by atoms with van der Waals surface area (Å²) in [7, 11) is -1.53. The third-order valence-electron chi connectivity index (χ3n) is 2.02. The zero-order valence-electron chi connectivity index (χ0n) is 9.86. The lowest BCUT2D eigenvalue weighted by molar-refractivity contribution is 0.124. The van der Waals surface area contributed by atoms with Crippen molar-refractivity contribution in [3.63, 3.8) is 0 Å². The molecule has 0 aliphatic carbocycles. The molecule has 0 saturated heterocycles. The molecule has 6 nitrogen and oxygen atoms in total. The summed E-state index contributed by atoms with van der Waals surface area (Å²) in [6.07, 6.45) is 1.33. The van der Waals surface area contributed by atoms with Crippen LogP contribution in [0, 0.1) is 0 Å². The van der Waals surface area contributed by atoms with E-state index in [2.05, 4.69) is 11.3 Å². The first-order valence-corrected chi connectivity index (χ1v) is 8.27. The maximum atomic E-state index is 11.3. The van der Waals surface area contributed by atoms with E-state index in [0.717, 1.165) is 0 Å². The molecule has 0 aromatic heterocycles. The van der Waals surface area contributed by atoms with E-state index in [-0.39, 0.29) is 12.3 Å². The number of hydrogen-bond acceptors (Lipinski definition) is 5. The molecule has 0 aromatic rings. The fourth-order valence-corrected chi connectivity index (χ4v) is 3.70. The van der Waals surface area contributed by atoms with Gasteiger partial charge in [-0.1, -0.05) is 6.08 Å². The Morgan fingerprint density at radius 2 is 1.75 bits per heavy atom. The molecule has 0 amide bonds. The van der Waals surface area contributed by atoms with Crippen LogP contribution in [0.2, 0.25) is 6.04 Å². The summed E-state index contributed by atoms with van der Waals surface area (Å²) < 4.78 is 40.4. The van der Waals surface area contributed by atoms with Crippen LogP contribution >= 0.6 is 0 Å². The normalized spacial score (nSPS) is 12.7. The van der Waals surface area contributed by atoms with Crippen molar-refractivity contribution in [2.75, 3.05) is 33.6 Å². The standard InChI is InChI=1S/C8H19NO5SSi/c1-5-7-15(10,11)9-6-8-16(12-2,13-3)14-4/h5,9H,1,6-8H2,2-4H3. The highest BCUT2D eigenvalue weighted by Gasteiger charge is 2.37. The molecule has 0 aliphatic rings. The van der Waals surface area contributed by atoms with Crippen LogP contribution in [-0.4, -0.2) is 50.8 Å². The summed E-state index contributed by atoms with van der Waals surface area (Å²) in [5.41, 5.74) is 0. The summed E-state index contributed by atoms with van der Waals surface area (Å²) in [5, 5.41) is 0. The van der Waals surface area contributed by atoms with E-state index in [4.69, 9.17) is 13.3 Å². The van der Waals surface area contributed by atoms with Gasteiger partial charge in [-0.3, -0.25) is 0 Å². The van der Waals surface area contributed by atoms with E-state index in [1.54, 1.807) is 0 Å². The zero-order chi connectivity index (χ0) is 12.7. The maximum absolute atomic E-state index is 11.3. The first-order chi connectivity index (χ1) is 7.45. The maximum Gasteiger partial charge on any atom is 0.501 e. The number of rotatable bonds is 9. The zero-order valence-corrected chi connectivity index (χ0v) is 11.7. The lowest BCUT2D eigenvalue weighted by atomic mass is 10.8. The average Bonchev–Trinajstić information content (AvgIpc) is 2.25. The Hall–Kier alpha value is -0.253. The van der Waals surface area contributed by atoms with Crippen LogP contribution in [0.3, 0.4) is 0 Å². The molecule has 0 radical (unpaired) electrons. The van der Waals surface area contributed by atoms with Crippen molar-refractivity contribution in [1.82, 2.24) is 4.72 Å². The van der Waals surface area contributed by atoms with Crippen LogP contribution in [0.25, 0.3) is 0 Å². The van der Waals surface area contributed by atoms with Gasteiger partial charge in [0, 0.05) is 33.9 Å². The van der Waals surface area contributed by atoms with Gasteiger partial charge in [0.05, 0.1) is 5.75 Å². The van der Waals surface area contributed by atoms with Gasteiger partial charge >= 0.3 is 8.80 Å². The monoisotopic (exact) mass is 269 g/mol. The SMILES string of the molecule is C=CCS(=O)(=O)NCC[Si](OC)(OC)OC. The molecule has 16 heavy (non-hydrogen) atoms. The topological polar surface area (TPSA) is 73.9 Å². The molecule has 0 spiro atoms. The number of sulfonamides is 1. The van der Waals surface area contributed by atoms with Crippen molar-refractivity contribution in [2.45, 2.75) is 6.04 Å². The summed E-state index contributed by atoms with van der Waals surface area (Å²) in [6.45, 7) is 3.59. The Bertz CT molecular complexity index is 293.